The van der Waals surface area contributed by atoms with Crippen LogP contribution < -0.4 is 5.32 Å². The van der Waals surface area contributed by atoms with Crippen LogP contribution in [0.2, 0.25) is 0 Å². The Hall–Kier alpha value is -1.65. The van der Waals surface area contributed by atoms with Crippen LogP contribution in [0.25, 0.3) is 0 Å². The smallest absolute Gasteiger partial charge is 0.180 e. The van der Waals surface area contributed by atoms with Gasteiger partial charge in [0, 0.05) is 5.54 Å². The Bertz CT molecular complexity index is 780. The summed E-state index contributed by atoms with van der Waals surface area (Å²) in [5, 5.41) is 3.68. The Morgan fingerprint density at radius 2 is 1.61 bits per heavy atom. The van der Waals surface area contributed by atoms with Gasteiger partial charge in [-0.3, -0.25) is 5.32 Å². The van der Waals surface area contributed by atoms with Gasteiger partial charge in [-0.2, -0.15) is 0 Å². The third-order valence-corrected chi connectivity index (χ3v) is 6.94. The van der Waals surface area contributed by atoms with Crippen molar-refractivity contribution >= 4 is 9.84 Å². The first-order valence-electron chi connectivity index (χ1n) is 8.16. The summed E-state index contributed by atoms with van der Waals surface area (Å²) in [6.45, 7) is 4.12. The zero-order valence-electron chi connectivity index (χ0n) is 13.6. The highest BCUT2D eigenvalue weighted by molar-refractivity contribution is 7.91. The van der Waals surface area contributed by atoms with Crippen molar-refractivity contribution in [2.75, 3.05) is 5.75 Å². The molecular weight excluding hydrogens is 306 g/mol. The predicted molar refractivity (Wildman–Crippen MR) is 93.2 cm³/mol. The quantitative estimate of drug-likeness (QED) is 0.934. The Kier molecular flexibility index (Phi) is 4.30. The van der Waals surface area contributed by atoms with Crippen molar-refractivity contribution in [3.05, 3.63) is 65.7 Å². The summed E-state index contributed by atoms with van der Waals surface area (Å²) in [5.74, 6) is 0.146. The molecule has 1 atom stereocenters. The second-order valence-electron chi connectivity index (χ2n) is 6.27. The molecule has 0 radical (unpaired) electrons. The van der Waals surface area contributed by atoms with Crippen molar-refractivity contribution < 1.29 is 8.42 Å². The van der Waals surface area contributed by atoms with Gasteiger partial charge in [-0.25, -0.2) is 8.42 Å². The average Bonchev–Trinajstić information content (AvgIpc) is 2.69. The Labute approximate surface area is 138 Å². The molecule has 0 amide bonds. The molecular formula is C19H23NO2S. The third kappa shape index (κ3) is 2.93. The van der Waals surface area contributed by atoms with E-state index in [1.807, 2.05) is 36.4 Å². The van der Waals surface area contributed by atoms with Crippen LogP contribution in [0.15, 0.2) is 59.5 Å². The largest absolute Gasteiger partial charge is 0.300 e. The Balaban J connectivity index is 2.24. The molecule has 0 aliphatic carbocycles. The van der Waals surface area contributed by atoms with Gasteiger partial charge in [0.05, 0.1) is 16.7 Å². The fraction of sp³-hybridized carbons (Fsp3) is 0.368. The number of fused-ring (bicyclic) bond motifs is 1. The van der Waals surface area contributed by atoms with E-state index in [4.69, 9.17) is 0 Å². The first kappa shape index (κ1) is 16.2. The fourth-order valence-corrected chi connectivity index (χ4v) is 5.64. The molecule has 1 aliphatic heterocycles. The molecule has 1 heterocycles. The van der Waals surface area contributed by atoms with Crippen molar-refractivity contribution in [3.63, 3.8) is 0 Å². The summed E-state index contributed by atoms with van der Waals surface area (Å²) >= 11 is 0. The standard InChI is InChI=1S/C19H23NO2S/c1-3-19(4-2)14-23(21,22)17-13-9-8-12-16(17)18(20-19)15-10-6-5-7-11-15/h5-13,18,20H,3-4,14H2,1-2H3. The second kappa shape index (κ2) is 6.10. The van der Waals surface area contributed by atoms with E-state index in [0.29, 0.717) is 4.90 Å². The maximum atomic E-state index is 13.0. The molecule has 0 saturated carbocycles. The molecule has 2 aromatic carbocycles. The fourth-order valence-electron chi connectivity index (χ4n) is 3.44. The maximum Gasteiger partial charge on any atom is 0.180 e. The highest BCUT2D eigenvalue weighted by Crippen LogP contribution is 2.37. The van der Waals surface area contributed by atoms with Gasteiger partial charge < -0.3 is 0 Å². The van der Waals surface area contributed by atoms with Crippen LogP contribution in [0.4, 0.5) is 0 Å². The predicted octanol–water partition coefficient (Wildman–Crippen LogP) is 3.71. The van der Waals surface area contributed by atoms with Gasteiger partial charge in [-0.15, -0.1) is 0 Å². The second-order valence-corrected chi connectivity index (χ2v) is 8.23. The molecule has 4 heteroatoms. The lowest BCUT2D eigenvalue weighted by Gasteiger charge is -2.34. The summed E-state index contributed by atoms with van der Waals surface area (Å²) < 4.78 is 25.9. The first-order chi connectivity index (χ1) is 11.0. The van der Waals surface area contributed by atoms with Crippen molar-refractivity contribution in [3.8, 4) is 0 Å². The summed E-state index contributed by atoms with van der Waals surface area (Å²) in [6.07, 6.45) is 1.56. The van der Waals surface area contributed by atoms with Crippen LogP contribution in [0.1, 0.15) is 43.9 Å². The summed E-state index contributed by atoms with van der Waals surface area (Å²) in [5.41, 5.74) is 1.55. The molecule has 0 bridgehead atoms. The minimum absolute atomic E-state index is 0.107. The number of benzene rings is 2. The van der Waals surface area contributed by atoms with Gasteiger partial charge in [-0.1, -0.05) is 62.4 Å². The number of sulfone groups is 1. The van der Waals surface area contributed by atoms with E-state index >= 15 is 0 Å². The number of hydrogen-bond donors (Lipinski definition) is 1. The SMILES string of the molecule is CCC1(CC)CS(=O)(=O)c2ccccc2C(c2ccccc2)N1. The Morgan fingerprint density at radius 1 is 1.00 bits per heavy atom. The van der Waals surface area contributed by atoms with Crippen molar-refractivity contribution in [2.45, 2.75) is 43.2 Å². The minimum atomic E-state index is -3.31. The van der Waals surface area contributed by atoms with E-state index in [1.165, 1.54) is 0 Å². The van der Waals surface area contributed by atoms with E-state index in [1.54, 1.807) is 6.07 Å². The molecule has 23 heavy (non-hydrogen) atoms. The van der Waals surface area contributed by atoms with E-state index in [0.717, 1.165) is 24.0 Å². The van der Waals surface area contributed by atoms with Gasteiger partial charge in [-0.05, 0) is 30.0 Å². The molecule has 3 nitrogen and oxygen atoms in total. The first-order valence-corrected chi connectivity index (χ1v) is 9.81. The molecule has 1 N–H and O–H groups in total. The zero-order chi connectivity index (χ0) is 16.5. The Morgan fingerprint density at radius 3 is 2.26 bits per heavy atom. The summed E-state index contributed by atoms with van der Waals surface area (Å²) in [4.78, 5) is 0.463. The lowest BCUT2D eigenvalue weighted by Crippen LogP contribution is -2.49. The van der Waals surface area contributed by atoms with Gasteiger partial charge in [0.15, 0.2) is 9.84 Å². The zero-order valence-corrected chi connectivity index (χ0v) is 14.4. The average molecular weight is 329 g/mol. The molecule has 122 valence electrons. The molecule has 0 aromatic heterocycles. The lowest BCUT2D eigenvalue weighted by atomic mass is 9.90. The van der Waals surface area contributed by atoms with Gasteiger partial charge in [0.2, 0.25) is 0 Å². The van der Waals surface area contributed by atoms with Crippen LogP contribution in [0, 0.1) is 0 Å². The van der Waals surface area contributed by atoms with Crippen LogP contribution in [-0.2, 0) is 9.84 Å². The molecule has 1 unspecified atom stereocenters. The number of rotatable bonds is 3. The van der Waals surface area contributed by atoms with E-state index in [2.05, 4.69) is 31.3 Å². The third-order valence-electron chi connectivity index (χ3n) is 4.97. The lowest BCUT2D eigenvalue weighted by molar-refractivity contribution is 0.313. The van der Waals surface area contributed by atoms with Crippen LogP contribution >= 0.6 is 0 Å². The maximum absolute atomic E-state index is 13.0. The molecule has 1 aliphatic rings. The number of hydrogen-bond acceptors (Lipinski definition) is 3. The highest BCUT2D eigenvalue weighted by Gasteiger charge is 2.40. The van der Waals surface area contributed by atoms with Gasteiger partial charge >= 0.3 is 0 Å². The van der Waals surface area contributed by atoms with E-state index in [9.17, 15) is 8.42 Å². The van der Waals surface area contributed by atoms with Gasteiger partial charge in [0.25, 0.3) is 0 Å². The van der Waals surface area contributed by atoms with Crippen molar-refractivity contribution in [1.29, 1.82) is 0 Å². The molecule has 2 aromatic rings. The summed E-state index contributed by atoms with van der Waals surface area (Å²) in [6, 6.07) is 17.4. The minimum Gasteiger partial charge on any atom is -0.300 e. The normalized spacial score (nSPS) is 22.1. The van der Waals surface area contributed by atoms with Gasteiger partial charge in [0.1, 0.15) is 0 Å². The topological polar surface area (TPSA) is 46.2 Å². The summed E-state index contributed by atoms with van der Waals surface area (Å²) in [7, 11) is -3.31. The van der Waals surface area contributed by atoms with Crippen molar-refractivity contribution in [1.82, 2.24) is 5.32 Å². The van der Waals surface area contributed by atoms with Crippen LogP contribution in [-0.4, -0.2) is 19.7 Å². The monoisotopic (exact) mass is 329 g/mol. The highest BCUT2D eigenvalue weighted by atomic mass is 32.2. The van der Waals surface area contributed by atoms with E-state index in [-0.39, 0.29) is 11.8 Å². The molecule has 3 rings (SSSR count). The molecule has 0 spiro atoms. The molecule has 0 fully saturated rings. The van der Waals surface area contributed by atoms with Crippen LogP contribution in [0.3, 0.4) is 0 Å². The van der Waals surface area contributed by atoms with Crippen LogP contribution in [0.5, 0.6) is 0 Å². The number of nitrogens with one attached hydrogen (secondary N) is 1. The van der Waals surface area contributed by atoms with E-state index < -0.39 is 15.4 Å². The van der Waals surface area contributed by atoms with Crippen molar-refractivity contribution in [2.24, 2.45) is 0 Å². The molecule has 0 saturated heterocycles.